The molecule has 25 rings (SSSR count). The van der Waals surface area contributed by atoms with Crippen LogP contribution in [0.4, 0.5) is 0 Å². The largest absolute Gasteiger partial charge is 0.508 e. The smallest absolute Gasteiger partial charge is 0.271 e. The molecular weight excluding hydrogens is 1470 g/mol. The van der Waals surface area contributed by atoms with Crippen LogP contribution < -0.4 is 19.6 Å². The number of phenols is 4. The van der Waals surface area contributed by atoms with Crippen molar-refractivity contribution in [2.45, 2.75) is 299 Å². The predicted octanol–water partition coefficient (Wildman–Crippen LogP) is 12.0. The van der Waals surface area contributed by atoms with Crippen molar-refractivity contribution in [1.82, 2.24) is 25.0 Å². The van der Waals surface area contributed by atoms with Crippen LogP contribution in [0.15, 0.2) is 103 Å². The number of fused-ring (bicyclic) bond motifs is 3. The summed E-state index contributed by atoms with van der Waals surface area (Å²) >= 11 is 0. The molecule has 10 N–H and O–H groups in total. The van der Waals surface area contributed by atoms with Crippen molar-refractivity contribution in [1.29, 1.82) is 0 Å². The number of aromatic hydroxyl groups is 4. The highest BCUT2D eigenvalue weighted by Crippen LogP contribution is 2.79. The Kier molecular flexibility index (Phi) is 17.9. The monoisotopic (exact) mass is 1600 g/mol. The Labute approximate surface area is 689 Å². The third kappa shape index (κ3) is 10.5. The van der Waals surface area contributed by atoms with Gasteiger partial charge in [0, 0.05) is 108 Å². The molecule has 0 aromatic heterocycles. The van der Waals surface area contributed by atoms with Gasteiger partial charge in [-0.15, -0.1) is 6.58 Å². The molecule has 5 aromatic rings. The van der Waals surface area contributed by atoms with Crippen molar-refractivity contribution in [2.24, 2.45) is 39.6 Å². The van der Waals surface area contributed by atoms with E-state index in [0.717, 1.165) is 144 Å². The van der Waals surface area contributed by atoms with Gasteiger partial charge in [-0.25, -0.2) is 5.43 Å². The zero-order chi connectivity index (χ0) is 80.7. The number of benzene rings is 5. The molecule has 9 saturated carbocycles. The number of hydrazone groups is 1. The highest BCUT2D eigenvalue weighted by molar-refractivity contribution is 5.98. The van der Waals surface area contributed by atoms with E-state index < -0.39 is 57.1 Å². The first-order chi connectivity index (χ1) is 56.2. The average molecular weight is 1600 g/mol. The van der Waals surface area contributed by atoms with Crippen molar-refractivity contribution in [3.05, 3.63) is 148 Å². The molecule has 13 aliphatic carbocycles. The van der Waals surface area contributed by atoms with Gasteiger partial charge in [-0.3, -0.25) is 24.4 Å². The first kappa shape index (κ1) is 77.5. The Morgan fingerprint density at radius 3 is 1.74 bits per heavy atom. The molecule has 1 amide bonds. The van der Waals surface area contributed by atoms with Crippen LogP contribution in [-0.4, -0.2) is 213 Å². The van der Waals surface area contributed by atoms with Gasteiger partial charge in [-0.1, -0.05) is 95.0 Å². The number of methoxy groups -OCH3 is 1. The van der Waals surface area contributed by atoms with Gasteiger partial charge in [0.1, 0.15) is 23.6 Å². The molecule has 5 aromatic carbocycles. The zero-order valence-corrected chi connectivity index (χ0v) is 69.3. The van der Waals surface area contributed by atoms with Gasteiger partial charge in [-0.2, -0.15) is 5.10 Å². The van der Waals surface area contributed by atoms with Crippen LogP contribution in [-0.2, 0) is 52.1 Å². The molecule has 0 radical (unpaired) electrons. The van der Waals surface area contributed by atoms with Gasteiger partial charge in [-0.05, 0) is 268 Å². The molecule has 20 heteroatoms. The maximum atomic E-state index is 12.6. The average Bonchev–Trinajstić information content (AvgIpc) is 1.55. The standard InChI is InChI=1S/C29H41NO4.C26H27N3O4.C21H27NO4.C21H29NO2/c1-25(2,3)26(4,32)20-15-27-10-11-29(20,33-5)24-28(27)12-13-30(16-17-6-7-17)21(27)14-18-8-9-19(31)23(34-24)22(18)28;1-2-13-29-14-12-25-21-17-8-9-19(30)22(21)33-23(25)18(10-11-26(25,32)20(29)15-17)27-28-24(31)16-6-4-3-5-7-16;23-14-5-4-13-10-16-21(25)7-6-15(24)19-20(21,17(13)18(14)26-19)8-9-22(16)11-12-2-1-3-12;23-17-7-6-16-12-19-21(24)9-2-1-8-20(21,18(16)13-17)10-11-22(19)14-15-4-3-5-15/h8-9,17,20-21,24,31-32H,6-7,10-16H2,1-5H3;2-9,20,23,30,32H,1,10-15H2,(H,28,31);4-5,12,15-16,19,23-25H,1-3,6-11H2;6-7,13,15,19,23-24H,1-5,8-12,14H2/b;27-18+;;/t20-,21-,24-,26?,27-,28+,29-;20-,23+,25+,26-;15-,16+,19-,20-,21+;19-,20+,21-/m1101/s1. The van der Waals surface area contributed by atoms with E-state index in [0.29, 0.717) is 85.4 Å². The van der Waals surface area contributed by atoms with Crippen molar-refractivity contribution >= 4 is 11.6 Å². The Morgan fingerprint density at radius 1 is 0.573 bits per heavy atom. The van der Waals surface area contributed by atoms with E-state index in [2.05, 4.69) is 69.6 Å². The van der Waals surface area contributed by atoms with Crippen molar-refractivity contribution in [3.63, 3.8) is 0 Å². The fourth-order valence-electron chi connectivity index (χ4n) is 29.4. The van der Waals surface area contributed by atoms with Crippen molar-refractivity contribution in [2.75, 3.05) is 59.5 Å². The van der Waals surface area contributed by atoms with Crippen LogP contribution in [0, 0.1) is 34.5 Å². The zero-order valence-electron chi connectivity index (χ0n) is 69.3. The number of aliphatic hydroxyl groups is 5. The molecule has 626 valence electrons. The maximum absolute atomic E-state index is 12.6. The SMILES string of the molecule is C=CCN1CC[C@]23c4c5ccc(O)c4O[C@H]2/C(=N/NC(=O)c2ccccc2)CC[C@@]3(O)[C@H]1C5.CO[C@]12CC[C@@]3(C[C@@H]1C(C)(O)C(C)(C)C)[C@H]1Cc4ccc(O)c5c4[C@@]3(CCN1CC1CC1)[C@H]2O5.Oc1ccc2c(c1)[C@@]13CCCC[C@@]1(O)[C@@H](C2)N(CC1CCC1)CC3.Oc1ccc2c3c1O[C@H]1[C@@H](O)CC[C@@]4(O)[C@@H](C2)N(CC2CCC2)CC[C@]314. The third-order valence-electron chi connectivity index (χ3n) is 36.0. The van der Waals surface area contributed by atoms with E-state index in [4.69, 9.17) is 18.9 Å². The number of likely N-dealkylation sites (tertiary alicyclic amines) is 4. The Hall–Kier alpha value is -6.82. The summed E-state index contributed by atoms with van der Waals surface area (Å²) in [4.78, 5) is 22.9. The summed E-state index contributed by atoms with van der Waals surface area (Å²) in [5.74, 6) is 4.68. The molecule has 13 fully saturated rings. The van der Waals surface area contributed by atoms with E-state index >= 15 is 0 Å². The quantitative estimate of drug-likeness (QED) is 0.0411. The summed E-state index contributed by atoms with van der Waals surface area (Å²) in [6, 6.07) is 26.9. The number of nitrogens with zero attached hydrogens (tertiary/aromatic N) is 5. The summed E-state index contributed by atoms with van der Waals surface area (Å²) in [6.07, 6.45) is 27.5. The molecule has 4 saturated heterocycles. The first-order valence-electron chi connectivity index (χ1n) is 45.2. The number of amides is 1. The first-order valence-corrected chi connectivity index (χ1v) is 45.2. The van der Waals surface area contributed by atoms with Gasteiger partial charge in [0.15, 0.2) is 40.6 Å². The van der Waals surface area contributed by atoms with E-state index in [1.807, 2.05) is 68.6 Å². The number of ether oxygens (including phenoxy) is 4. The van der Waals surface area contributed by atoms with Crippen LogP contribution in [0.5, 0.6) is 40.2 Å². The third-order valence-corrected chi connectivity index (χ3v) is 36.0. The van der Waals surface area contributed by atoms with Gasteiger partial charge >= 0.3 is 0 Å². The molecule has 1 unspecified atom stereocenters. The number of phenolic OH excluding ortho intramolecular Hbond substituents is 4. The summed E-state index contributed by atoms with van der Waals surface area (Å²) in [5, 5.41) is 106. The summed E-state index contributed by atoms with van der Waals surface area (Å²) < 4.78 is 26.0. The Bertz CT molecular complexity index is 4850. The molecule has 7 aliphatic heterocycles. The lowest BCUT2D eigenvalue weighted by Gasteiger charge is -2.75. The minimum absolute atomic E-state index is 0.0294. The second kappa shape index (κ2) is 27.1. The normalized spacial score (nSPS) is 39.6. The lowest BCUT2D eigenvalue weighted by Crippen LogP contribution is -2.83. The van der Waals surface area contributed by atoms with Crippen LogP contribution >= 0.6 is 0 Å². The van der Waals surface area contributed by atoms with E-state index in [-0.39, 0.29) is 75.0 Å². The Morgan fingerprint density at radius 2 is 1.11 bits per heavy atom. The van der Waals surface area contributed by atoms with Gasteiger partial charge in [0.2, 0.25) is 0 Å². The second-order valence-corrected chi connectivity index (χ2v) is 41.4. The molecule has 19 atom stereocenters. The Balaban J connectivity index is 0.0000000981. The number of piperidine rings is 4. The van der Waals surface area contributed by atoms with Gasteiger partial charge in [0.05, 0.1) is 45.0 Å². The van der Waals surface area contributed by atoms with Gasteiger partial charge in [0.25, 0.3) is 5.91 Å². The number of hydrogen-bond acceptors (Lipinski definition) is 19. The minimum atomic E-state index is -1.02. The number of nitrogens with one attached hydrogen (secondary N) is 1. The van der Waals surface area contributed by atoms with Gasteiger partial charge < -0.3 is 64.9 Å². The van der Waals surface area contributed by atoms with Crippen LogP contribution in [0.3, 0.4) is 0 Å². The van der Waals surface area contributed by atoms with E-state index in [9.17, 15) is 50.8 Å². The molecule has 20 aliphatic rings. The fraction of sp³-hybridized carbons (Fsp3) is 0.649. The van der Waals surface area contributed by atoms with Crippen molar-refractivity contribution in [3.8, 4) is 40.2 Å². The number of hydrogen-bond donors (Lipinski definition) is 10. The number of aliphatic hydroxyl groups excluding tert-OH is 1. The topological polar surface area (TPSA) is 273 Å². The number of carbonyl (C=O) groups is 1. The van der Waals surface area contributed by atoms with Crippen LogP contribution in [0.25, 0.3) is 0 Å². The summed E-state index contributed by atoms with van der Waals surface area (Å²) in [7, 11) is 1.83. The van der Waals surface area contributed by atoms with E-state index in [1.165, 1.54) is 98.7 Å². The molecule has 117 heavy (non-hydrogen) atoms. The lowest BCUT2D eigenvalue weighted by molar-refractivity contribution is -0.312. The predicted molar refractivity (Wildman–Crippen MR) is 443 cm³/mol. The summed E-state index contributed by atoms with van der Waals surface area (Å²) in [6.45, 7) is 20.5. The minimum Gasteiger partial charge on any atom is -0.508 e. The number of rotatable bonds is 12. The molecule has 7 heterocycles. The summed E-state index contributed by atoms with van der Waals surface area (Å²) in [5.41, 5.74) is 7.59. The fourth-order valence-corrected chi connectivity index (χ4v) is 29.4. The molecule has 20 nitrogen and oxygen atoms in total. The highest BCUT2D eigenvalue weighted by atomic mass is 16.6. The number of carbonyl (C=O) groups excluding carboxylic acids is 1. The lowest BCUT2D eigenvalue weighted by atomic mass is 9.33. The highest BCUT2D eigenvalue weighted by Gasteiger charge is 2.83. The maximum Gasteiger partial charge on any atom is 0.271 e. The molecular formula is C97H124N6O14. The van der Waals surface area contributed by atoms with Crippen LogP contribution in [0.2, 0.25) is 0 Å². The molecule has 4 spiro atoms. The van der Waals surface area contributed by atoms with E-state index in [1.54, 1.807) is 24.3 Å². The van der Waals surface area contributed by atoms with Crippen molar-refractivity contribution < 1.29 is 69.7 Å². The molecule has 10 bridgehead atoms. The second-order valence-electron chi connectivity index (χ2n) is 41.4. The van der Waals surface area contributed by atoms with Crippen LogP contribution in [0.1, 0.15) is 230 Å².